The van der Waals surface area contributed by atoms with E-state index in [1.807, 2.05) is 24.3 Å². The molecule has 4 rings (SSSR count). The Hall–Kier alpha value is -2.62. The van der Waals surface area contributed by atoms with E-state index in [0.29, 0.717) is 16.6 Å². The highest BCUT2D eigenvalue weighted by Crippen LogP contribution is 2.23. The van der Waals surface area contributed by atoms with Crippen LogP contribution in [0.15, 0.2) is 48.7 Å². The third-order valence-corrected chi connectivity index (χ3v) is 3.14. The Morgan fingerprint density at radius 1 is 0.789 bits per heavy atom. The van der Waals surface area contributed by atoms with Gasteiger partial charge < -0.3 is 0 Å². The lowest BCUT2D eigenvalue weighted by Crippen LogP contribution is -1.90. The van der Waals surface area contributed by atoms with Crippen LogP contribution >= 0.6 is 0 Å². The van der Waals surface area contributed by atoms with Gasteiger partial charge in [0.2, 0.25) is 0 Å². The summed E-state index contributed by atoms with van der Waals surface area (Å²) in [5.41, 5.74) is 3.50. The molecule has 0 aliphatic heterocycles. The summed E-state index contributed by atoms with van der Waals surface area (Å²) in [5, 5.41) is 1.00. The zero-order valence-electron chi connectivity index (χ0n) is 9.84. The second-order valence-corrected chi connectivity index (χ2v) is 4.37. The second kappa shape index (κ2) is 3.68. The van der Waals surface area contributed by atoms with Gasteiger partial charge in [-0.1, -0.05) is 12.1 Å². The fourth-order valence-electron chi connectivity index (χ4n) is 2.25. The Labute approximate surface area is 107 Å². The molecule has 0 bridgehead atoms. The number of nitrogens with zero attached hydrogens (tertiary/aromatic N) is 3. The average Bonchev–Trinajstić information content (AvgIpc) is 2.45. The van der Waals surface area contributed by atoms with Crippen molar-refractivity contribution in [1.29, 1.82) is 0 Å². The minimum absolute atomic E-state index is 0.311. The number of rotatable bonds is 0. The van der Waals surface area contributed by atoms with E-state index in [9.17, 15) is 4.39 Å². The molecule has 0 aliphatic carbocycles. The van der Waals surface area contributed by atoms with E-state index in [-0.39, 0.29) is 5.82 Å². The molecule has 19 heavy (non-hydrogen) atoms. The van der Waals surface area contributed by atoms with Crippen LogP contribution in [0, 0.1) is 5.82 Å². The number of fused-ring (bicyclic) bond motifs is 4. The normalized spacial score (nSPS) is 11.4. The van der Waals surface area contributed by atoms with Crippen molar-refractivity contribution in [3.05, 3.63) is 54.5 Å². The summed E-state index contributed by atoms with van der Waals surface area (Å²) < 4.78 is 13.3. The molecular weight excluding hydrogens is 241 g/mol. The van der Waals surface area contributed by atoms with E-state index in [2.05, 4.69) is 15.0 Å². The largest absolute Gasteiger partial charge is 0.254 e. The summed E-state index contributed by atoms with van der Waals surface area (Å²) in [6.45, 7) is 0. The van der Waals surface area contributed by atoms with Crippen LogP contribution in [0.1, 0.15) is 0 Å². The fraction of sp³-hybridized carbons (Fsp3) is 0. The molecular formula is C15H8FN3. The highest BCUT2D eigenvalue weighted by Gasteiger charge is 2.06. The maximum atomic E-state index is 13.3. The summed E-state index contributed by atoms with van der Waals surface area (Å²) >= 11 is 0. The van der Waals surface area contributed by atoms with Crippen LogP contribution in [-0.4, -0.2) is 15.0 Å². The van der Waals surface area contributed by atoms with Crippen molar-refractivity contribution in [2.75, 3.05) is 0 Å². The number of aromatic nitrogens is 3. The molecule has 0 amide bonds. The molecule has 2 heterocycles. The number of benzene rings is 2. The summed E-state index contributed by atoms with van der Waals surface area (Å²) in [5.74, 6) is -0.311. The van der Waals surface area contributed by atoms with Gasteiger partial charge in [0.15, 0.2) is 0 Å². The molecule has 3 nitrogen and oxygen atoms in total. The molecule has 0 aliphatic rings. The van der Waals surface area contributed by atoms with Gasteiger partial charge in [0.25, 0.3) is 0 Å². The zero-order valence-corrected chi connectivity index (χ0v) is 9.84. The molecule has 0 unspecified atom stereocenters. The Morgan fingerprint density at radius 3 is 2.63 bits per heavy atom. The maximum Gasteiger partial charge on any atom is 0.125 e. The van der Waals surface area contributed by atoms with E-state index in [0.717, 1.165) is 16.4 Å². The average molecular weight is 249 g/mol. The summed E-state index contributed by atoms with van der Waals surface area (Å²) in [6, 6.07) is 12.1. The van der Waals surface area contributed by atoms with Gasteiger partial charge in [-0.3, -0.25) is 4.98 Å². The third-order valence-electron chi connectivity index (χ3n) is 3.14. The van der Waals surface area contributed by atoms with E-state index in [4.69, 9.17) is 0 Å². The fourth-order valence-corrected chi connectivity index (χ4v) is 2.25. The van der Waals surface area contributed by atoms with Crippen molar-refractivity contribution in [1.82, 2.24) is 15.0 Å². The SMILES string of the molecule is Fc1ccc2nc3ccc4cccnc4c3nc2c1. The summed E-state index contributed by atoms with van der Waals surface area (Å²) in [7, 11) is 0. The van der Waals surface area contributed by atoms with Gasteiger partial charge in [-0.25, -0.2) is 14.4 Å². The first-order valence-corrected chi connectivity index (χ1v) is 5.92. The van der Waals surface area contributed by atoms with Crippen molar-refractivity contribution in [2.45, 2.75) is 0 Å². The van der Waals surface area contributed by atoms with Crippen LogP contribution in [-0.2, 0) is 0 Å². The molecule has 0 atom stereocenters. The van der Waals surface area contributed by atoms with Gasteiger partial charge in [-0.15, -0.1) is 0 Å². The molecule has 0 N–H and O–H groups in total. The summed E-state index contributed by atoms with van der Waals surface area (Å²) in [4.78, 5) is 13.3. The van der Waals surface area contributed by atoms with E-state index < -0.39 is 0 Å². The van der Waals surface area contributed by atoms with Crippen LogP contribution in [0.4, 0.5) is 4.39 Å². The van der Waals surface area contributed by atoms with Crippen molar-refractivity contribution in [3.63, 3.8) is 0 Å². The number of pyridine rings is 1. The van der Waals surface area contributed by atoms with Gasteiger partial charge in [-0.05, 0) is 24.3 Å². The highest BCUT2D eigenvalue weighted by molar-refractivity contribution is 6.03. The van der Waals surface area contributed by atoms with E-state index in [1.54, 1.807) is 12.3 Å². The Morgan fingerprint density at radius 2 is 1.68 bits per heavy atom. The predicted molar refractivity (Wildman–Crippen MR) is 72.3 cm³/mol. The first-order valence-electron chi connectivity index (χ1n) is 5.92. The Kier molecular flexibility index (Phi) is 2.00. The van der Waals surface area contributed by atoms with Gasteiger partial charge in [0, 0.05) is 17.6 Å². The van der Waals surface area contributed by atoms with Crippen molar-refractivity contribution in [2.24, 2.45) is 0 Å². The molecule has 90 valence electrons. The van der Waals surface area contributed by atoms with Crippen LogP contribution in [0.2, 0.25) is 0 Å². The molecule has 0 spiro atoms. The van der Waals surface area contributed by atoms with Gasteiger partial charge >= 0.3 is 0 Å². The zero-order chi connectivity index (χ0) is 12.8. The predicted octanol–water partition coefficient (Wildman–Crippen LogP) is 3.47. The lowest BCUT2D eigenvalue weighted by atomic mass is 10.1. The first-order chi connectivity index (χ1) is 9.31. The molecule has 0 fully saturated rings. The van der Waals surface area contributed by atoms with Gasteiger partial charge in [0.1, 0.15) is 11.3 Å². The van der Waals surface area contributed by atoms with Gasteiger partial charge in [-0.2, -0.15) is 0 Å². The topological polar surface area (TPSA) is 38.7 Å². The van der Waals surface area contributed by atoms with Crippen LogP contribution in [0.3, 0.4) is 0 Å². The third kappa shape index (κ3) is 1.53. The molecule has 0 saturated heterocycles. The first kappa shape index (κ1) is 10.3. The molecule has 2 aromatic heterocycles. The second-order valence-electron chi connectivity index (χ2n) is 4.37. The highest BCUT2D eigenvalue weighted by atomic mass is 19.1. The Bertz CT molecular complexity index is 934. The number of hydrogen-bond donors (Lipinski definition) is 0. The Balaban J connectivity index is 2.23. The van der Waals surface area contributed by atoms with Crippen LogP contribution < -0.4 is 0 Å². The molecule has 2 aromatic carbocycles. The van der Waals surface area contributed by atoms with Crippen LogP contribution in [0.5, 0.6) is 0 Å². The maximum absolute atomic E-state index is 13.3. The lowest BCUT2D eigenvalue weighted by molar-refractivity contribution is 0.629. The number of halogens is 1. The monoisotopic (exact) mass is 249 g/mol. The van der Waals surface area contributed by atoms with Crippen molar-refractivity contribution >= 4 is 33.0 Å². The van der Waals surface area contributed by atoms with E-state index in [1.165, 1.54) is 12.1 Å². The minimum Gasteiger partial charge on any atom is -0.254 e. The standard InChI is InChI=1S/C15H8FN3/c16-10-4-6-11-13(8-10)19-15-12(18-11)5-3-9-2-1-7-17-14(9)15/h1-8H. The molecule has 0 saturated carbocycles. The summed E-state index contributed by atoms with van der Waals surface area (Å²) in [6.07, 6.45) is 1.72. The minimum atomic E-state index is -0.311. The van der Waals surface area contributed by atoms with Crippen molar-refractivity contribution < 1.29 is 4.39 Å². The molecule has 4 aromatic rings. The lowest BCUT2D eigenvalue weighted by Gasteiger charge is -2.03. The smallest absolute Gasteiger partial charge is 0.125 e. The quantitative estimate of drug-likeness (QED) is 0.354. The van der Waals surface area contributed by atoms with Gasteiger partial charge in [0.05, 0.1) is 22.1 Å². The van der Waals surface area contributed by atoms with Crippen LogP contribution in [0.25, 0.3) is 33.0 Å². The number of hydrogen-bond acceptors (Lipinski definition) is 3. The molecule has 0 radical (unpaired) electrons. The van der Waals surface area contributed by atoms with Crippen molar-refractivity contribution in [3.8, 4) is 0 Å². The van der Waals surface area contributed by atoms with E-state index >= 15 is 0 Å². The molecule has 4 heteroatoms.